The van der Waals surface area contributed by atoms with Crippen LogP contribution in [0.25, 0.3) is 10.2 Å². The number of carbonyl (C=O) groups is 1. The lowest BCUT2D eigenvalue weighted by atomic mass is 9.89. The number of halogens is 2. The Morgan fingerprint density at radius 3 is 3.00 bits per heavy atom. The number of Topliss-reactive ketones (excluding diaryl/α,β-unsaturated/α-hetero) is 1. The maximum Gasteiger partial charge on any atom is 0.260 e. The first-order valence-electron chi connectivity index (χ1n) is 8.58. The number of benzene rings is 1. The number of fused-ring (bicyclic) bond motifs is 3. The summed E-state index contributed by atoms with van der Waals surface area (Å²) in [6.07, 6.45) is 3.04. The van der Waals surface area contributed by atoms with Crippen LogP contribution in [0.1, 0.15) is 34.1 Å². The van der Waals surface area contributed by atoms with E-state index in [1.165, 1.54) is 16.6 Å². The van der Waals surface area contributed by atoms with Gasteiger partial charge in [0.25, 0.3) is 5.56 Å². The summed E-state index contributed by atoms with van der Waals surface area (Å²) in [7, 11) is 0. The number of thiophene rings is 1. The molecule has 1 N–H and O–H groups in total. The SMILES string of the molecule is CC1CCc2c(sc3nc(SCC(=O)c4ccc(Cl)cc4Cl)[nH]c(=O)c23)C1. The maximum absolute atomic E-state index is 12.6. The van der Waals surface area contributed by atoms with Crippen molar-refractivity contribution in [2.75, 3.05) is 5.75 Å². The number of nitrogens with zero attached hydrogens (tertiary/aromatic N) is 1. The Morgan fingerprint density at radius 2 is 2.22 bits per heavy atom. The minimum Gasteiger partial charge on any atom is -0.301 e. The molecule has 4 rings (SSSR count). The summed E-state index contributed by atoms with van der Waals surface area (Å²) in [4.78, 5) is 34.5. The average molecular weight is 439 g/mol. The second kappa shape index (κ2) is 7.59. The van der Waals surface area contributed by atoms with Crippen molar-refractivity contribution >= 4 is 62.3 Å². The third-order valence-electron chi connectivity index (χ3n) is 4.72. The Balaban J connectivity index is 1.58. The number of nitrogens with one attached hydrogen (secondary N) is 1. The molecular weight excluding hydrogens is 423 g/mol. The van der Waals surface area contributed by atoms with E-state index in [2.05, 4.69) is 16.9 Å². The number of aromatic amines is 1. The van der Waals surface area contributed by atoms with Gasteiger partial charge in [0.05, 0.1) is 16.2 Å². The molecule has 0 saturated heterocycles. The van der Waals surface area contributed by atoms with E-state index in [9.17, 15) is 9.59 Å². The predicted octanol–water partition coefficient (Wildman–Crippen LogP) is 5.39. The van der Waals surface area contributed by atoms with Crippen molar-refractivity contribution in [2.45, 2.75) is 31.3 Å². The van der Waals surface area contributed by atoms with Crippen LogP contribution in [0.15, 0.2) is 28.2 Å². The summed E-state index contributed by atoms with van der Waals surface area (Å²) in [5.41, 5.74) is 1.45. The Hall–Kier alpha value is -1.34. The molecule has 0 saturated carbocycles. The van der Waals surface area contributed by atoms with Crippen LogP contribution in [0.2, 0.25) is 10.0 Å². The molecule has 4 nitrogen and oxygen atoms in total. The van der Waals surface area contributed by atoms with Gasteiger partial charge in [-0.1, -0.05) is 41.9 Å². The van der Waals surface area contributed by atoms with Gasteiger partial charge in [0, 0.05) is 15.5 Å². The molecular formula is C19H16Cl2N2O2S2. The van der Waals surface area contributed by atoms with Crippen molar-refractivity contribution in [3.05, 3.63) is 54.6 Å². The highest BCUT2D eigenvalue weighted by Gasteiger charge is 2.23. The molecule has 2 aromatic heterocycles. The van der Waals surface area contributed by atoms with E-state index in [4.69, 9.17) is 23.2 Å². The number of H-pyrrole nitrogens is 1. The Kier molecular flexibility index (Phi) is 5.34. The topological polar surface area (TPSA) is 62.8 Å². The Bertz CT molecular complexity index is 1110. The number of thioether (sulfide) groups is 1. The van der Waals surface area contributed by atoms with Gasteiger partial charge in [-0.25, -0.2) is 4.98 Å². The molecule has 0 amide bonds. The van der Waals surface area contributed by atoms with Crippen LogP contribution < -0.4 is 5.56 Å². The number of carbonyl (C=O) groups excluding carboxylic acids is 1. The quantitative estimate of drug-likeness (QED) is 0.336. The fourth-order valence-electron chi connectivity index (χ4n) is 3.32. The van der Waals surface area contributed by atoms with Crippen molar-refractivity contribution in [2.24, 2.45) is 5.92 Å². The van der Waals surface area contributed by atoms with Crippen LogP contribution >= 0.6 is 46.3 Å². The van der Waals surface area contributed by atoms with E-state index in [1.807, 2.05) is 0 Å². The Morgan fingerprint density at radius 1 is 1.41 bits per heavy atom. The van der Waals surface area contributed by atoms with Gasteiger partial charge in [0.1, 0.15) is 4.83 Å². The Labute approximate surface area is 174 Å². The highest BCUT2D eigenvalue weighted by Crippen LogP contribution is 2.36. The van der Waals surface area contributed by atoms with Gasteiger partial charge < -0.3 is 4.98 Å². The lowest BCUT2D eigenvalue weighted by Gasteiger charge is -2.17. The van der Waals surface area contributed by atoms with Crippen molar-refractivity contribution in [3.8, 4) is 0 Å². The minimum atomic E-state index is -0.135. The molecule has 0 bridgehead atoms. The second-order valence-corrected chi connectivity index (χ2v) is 9.63. The van der Waals surface area contributed by atoms with Crippen LogP contribution in [0.4, 0.5) is 0 Å². The van der Waals surface area contributed by atoms with Gasteiger partial charge in [0.2, 0.25) is 0 Å². The first-order valence-corrected chi connectivity index (χ1v) is 11.1. The molecule has 0 fully saturated rings. The average Bonchev–Trinajstić information content (AvgIpc) is 2.97. The first kappa shape index (κ1) is 19.0. The number of hydrogen-bond acceptors (Lipinski definition) is 5. The number of aromatic nitrogens is 2. The fraction of sp³-hybridized carbons (Fsp3) is 0.316. The van der Waals surface area contributed by atoms with Crippen molar-refractivity contribution in [1.29, 1.82) is 0 Å². The largest absolute Gasteiger partial charge is 0.301 e. The molecule has 1 atom stereocenters. The van der Waals surface area contributed by atoms with Crippen LogP contribution in [-0.2, 0) is 12.8 Å². The van der Waals surface area contributed by atoms with E-state index in [0.29, 0.717) is 26.7 Å². The molecule has 27 heavy (non-hydrogen) atoms. The molecule has 1 aromatic carbocycles. The monoisotopic (exact) mass is 438 g/mol. The zero-order valence-electron chi connectivity index (χ0n) is 14.5. The summed E-state index contributed by atoms with van der Waals surface area (Å²) >= 11 is 14.8. The molecule has 1 aliphatic rings. The number of aryl methyl sites for hydroxylation is 1. The predicted molar refractivity (Wildman–Crippen MR) is 113 cm³/mol. The van der Waals surface area contributed by atoms with E-state index in [0.717, 1.165) is 35.0 Å². The van der Waals surface area contributed by atoms with E-state index < -0.39 is 0 Å². The molecule has 3 aromatic rings. The molecule has 0 aliphatic heterocycles. The molecule has 140 valence electrons. The van der Waals surface area contributed by atoms with E-state index >= 15 is 0 Å². The van der Waals surface area contributed by atoms with Gasteiger partial charge in [-0.3, -0.25) is 9.59 Å². The molecule has 1 aliphatic carbocycles. The van der Waals surface area contributed by atoms with Crippen molar-refractivity contribution in [3.63, 3.8) is 0 Å². The number of rotatable bonds is 4. The van der Waals surface area contributed by atoms with E-state index in [-0.39, 0.29) is 17.1 Å². The summed E-state index contributed by atoms with van der Waals surface area (Å²) < 4.78 is 0. The van der Waals surface area contributed by atoms with Gasteiger partial charge in [-0.2, -0.15) is 0 Å². The highest BCUT2D eigenvalue weighted by atomic mass is 35.5. The van der Waals surface area contributed by atoms with Crippen molar-refractivity contribution in [1.82, 2.24) is 9.97 Å². The standard InChI is InChI=1S/C19H16Cl2N2O2S2/c1-9-2-4-12-15(6-9)27-18-16(12)17(25)22-19(23-18)26-8-14(24)11-5-3-10(20)7-13(11)21/h3,5,7,9H,2,4,6,8H2,1H3,(H,22,23,25). The summed E-state index contributed by atoms with van der Waals surface area (Å²) in [6, 6.07) is 4.79. The molecule has 0 spiro atoms. The van der Waals surface area contributed by atoms with Gasteiger partial charge in [0.15, 0.2) is 10.9 Å². The number of hydrogen-bond donors (Lipinski definition) is 1. The molecule has 2 heterocycles. The van der Waals surface area contributed by atoms with Gasteiger partial charge >= 0.3 is 0 Å². The fourth-order valence-corrected chi connectivity index (χ4v) is 6.02. The lowest BCUT2D eigenvalue weighted by Crippen LogP contribution is -2.14. The van der Waals surface area contributed by atoms with Gasteiger partial charge in [-0.15, -0.1) is 11.3 Å². The summed E-state index contributed by atoms with van der Waals surface area (Å²) in [5, 5.41) is 1.98. The molecule has 1 unspecified atom stereocenters. The highest BCUT2D eigenvalue weighted by molar-refractivity contribution is 7.99. The first-order chi connectivity index (χ1) is 12.9. The molecule has 8 heteroatoms. The third kappa shape index (κ3) is 3.81. The maximum atomic E-state index is 12.6. The minimum absolute atomic E-state index is 0.119. The molecule has 0 radical (unpaired) electrons. The summed E-state index contributed by atoms with van der Waals surface area (Å²) in [6.45, 7) is 2.24. The van der Waals surface area contributed by atoms with Crippen LogP contribution in [-0.4, -0.2) is 21.5 Å². The van der Waals surface area contributed by atoms with E-state index in [1.54, 1.807) is 29.5 Å². The zero-order valence-corrected chi connectivity index (χ0v) is 17.6. The normalized spacial score (nSPS) is 16.5. The lowest BCUT2D eigenvalue weighted by molar-refractivity contribution is 0.102. The zero-order chi connectivity index (χ0) is 19.1. The van der Waals surface area contributed by atoms with Gasteiger partial charge in [-0.05, 0) is 48.9 Å². The second-order valence-electron chi connectivity index (χ2n) is 6.74. The van der Waals surface area contributed by atoms with Crippen LogP contribution in [0.3, 0.4) is 0 Å². The number of ketones is 1. The van der Waals surface area contributed by atoms with Crippen LogP contribution in [0, 0.1) is 5.92 Å². The smallest absolute Gasteiger partial charge is 0.260 e. The summed E-state index contributed by atoms with van der Waals surface area (Å²) in [5.74, 6) is 0.640. The van der Waals surface area contributed by atoms with Crippen LogP contribution in [0.5, 0.6) is 0 Å². The van der Waals surface area contributed by atoms with Crippen molar-refractivity contribution < 1.29 is 4.79 Å². The third-order valence-corrected chi connectivity index (χ3v) is 7.28.